The minimum atomic E-state index is -1.49. The summed E-state index contributed by atoms with van der Waals surface area (Å²) < 4.78 is 0. The Balaban J connectivity index is 2.88. The van der Waals surface area contributed by atoms with Gasteiger partial charge in [0.15, 0.2) is 0 Å². The molecule has 0 aromatic heterocycles. The standard InChI is InChI=1S/C14H19N3O2Si/c1-5-10-20(3,4)13-8-6-12(7-9-13)11(2)14(18)19-17-16-15/h5-9,11H,1,10H2,2-4H3/t11-/m0/s1. The second-order valence-corrected chi connectivity index (χ2v) is 10.1. The number of rotatable bonds is 6. The fraction of sp³-hybridized carbons (Fsp3) is 0.357. The van der Waals surface area contributed by atoms with Gasteiger partial charge in [0.25, 0.3) is 0 Å². The van der Waals surface area contributed by atoms with Crippen LogP contribution in [0.5, 0.6) is 0 Å². The number of hydrogen-bond donors (Lipinski definition) is 0. The lowest BCUT2D eigenvalue weighted by Crippen LogP contribution is -2.40. The summed E-state index contributed by atoms with van der Waals surface area (Å²) in [5.74, 6) is -1.02. The molecule has 0 bridgehead atoms. The molecule has 20 heavy (non-hydrogen) atoms. The third-order valence-electron chi connectivity index (χ3n) is 3.37. The van der Waals surface area contributed by atoms with E-state index in [2.05, 4.69) is 46.8 Å². The first kappa shape index (κ1) is 16.0. The average Bonchev–Trinajstić information content (AvgIpc) is 2.44. The van der Waals surface area contributed by atoms with Crippen molar-refractivity contribution in [3.63, 3.8) is 0 Å². The Kier molecular flexibility index (Phi) is 5.55. The molecule has 1 aromatic rings. The largest absolute Gasteiger partial charge is 0.358 e. The second kappa shape index (κ2) is 6.93. The molecule has 0 N–H and O–H groups in total. The lowest BCUT2D eigenvalue weighted by Gasteiger charge is -2.21. The van der Waals surface area contributed by atoms with Crippen molar-refractivity contribution < 1.29 is 9.63 Å². The molecular weight excluding hydrogens is 270 g/mol. The van der Waals surface area contributed by atoms with Crippen LogP contribution in [0.2, 0.25) is 19.1 Å². The number of hydrogen-bond acceptors (Lipinski definition) is 3. The highest BCUT2D eigenvalue weighted by molar-refractivity contribution is 6.90. The highest BCUT2D eigenvalue weighted by Gasteiger charge is 2.22. The lowest BCUT2D eigenvalue weighted by atomic mass is 10.0. The number of carbonyl (C=O) groups is 1. The van der Waals surface area contributed by atoms with Gasteiger partial charge in [-0.1, -0.05) is 48.6 Å². The van der Waals surface area contributed by atoms with E-state index in [4.69, 9.17) is 5.53 Å². The Morgan fingerprint density at radius 2 is 2.10 bits per heavy atom. The van der Waals surface area contributed by atoms with Gasteiger partial charge >= 0.3 is 5.97 Å². The molecule has 0 spiro atoms. The molecule has 0 fully saturated rings. The maximum absolute atomic E-state index is 11.6. The normalized spacial score (nSPS) is 12.2. The van der Waals surface area contributed by atoms with Crippen molar-refractivity contribution in [1.29, 1.82) is 0 Å². The Morgan fingerprint density at radius 3 is 2.60 bits per heavy atom. The predicted octanol–water partition coefficient (Wildman–Crippen LogP) is 3.66. The summed E-state index contributed by atoms with van der Waals surface area (Å²) in [5, 5.41) is 4.14. The van der Waals surface area contributed by atoms with Crippen LogP contribution in [0.4, 0.5) is 0 Å². The van der Waals surface area contributed by atoms with Crippen molar-refractivity contribution >= 4 is 19.2 Å². The van der Waals surface area contributed by atoms with Crippen LogP contribution < -0.4 is 5.19 Å². The molecule has 0 amide bonds. The van der Waals surface area contributed by atoms with Crippen LogP contribution in [0.15, 0.2) is 42.2 Å². The molecule has 0 aliphatic rings. The van der Waals surface area contributed by atoms with E-state index in [9.17, 15) is 4.79 Å². The summed E-state index contributed by atoms with van der Waals surface area (Å²) in [5.41, 5.74) is 8.96. The van der Waals surface area contributed by atoms with E-state index in [1.807, 2.05) is 18.2 Å². The van der Waals surface area contributed by atoms with Gasteiger partial charge in [-0.25, -0.2) is 0 Å². The summed E-state index contributed by atoms with van der Waals surface area (Å²) in [6, 6.07) is 8.98. The third kappa shape index (κ3) is 3.98. The first-order valence-corrected chi connectivity index (χ1v) is 9.59. The zero-order chi connectivity index (χ0) is 15.2. The SMILES string of the molecule is C=CC[Si](C)(C)c1ccc([C@H](C)C(=O)ON=[N+]=[N-])cc1. The van der Waals surface area contributed by atoms with Crippen molar-refractivity contribution in [2.75, 3.05) is 0 Å². The first-order chi connectivity index (χ1) is 9.42. The minimum absolute atomic E-state index is 0.460. The van der Waals surface area contributed by atoms with E-state index in [1.165, 1.54) is 5.19 Å². The molecule has 0 saturated carbocycles. The van der Waals surface area contributed by atoms with Crippen LogP contribution in [0.25, 0.3) is 10.4 Å². The topological polar surface area (TPSA) is 75.1 Å². The molecule has 0 aliphatic heterocycles. The van der Waals surface area contributed by atoms with Gasteiger partial charge in [0, 0.05) is 4.91 Å². The maximum atomic E-state index is 11.6. The van der Waals surface area contributed by atoms with Crippen LogP contribution in [-0.4, -0.2) is 14.0 Å². The van der Waals surface area contributed by atoms with Gasteiger partial charge in [0.05, 0.1) is 14.0 Å². The van der Waals surface area contributed by atoms with Crippen LogP contribution in [0.1, 0.15) is 18.4 Å². The highest BCUT2D eigenvalue weighted by atomic mass is 28.3. The molecular formula is C14H19N3O2Si. The smallest absolute Gasteiger partial charge is 0.324 e. The zero-order valence-corrected chi connectivity index (χ0v) is 13.0. The quantitative estimate of drug-likeness (QED) is 0.200. The Morgan fingerprint density at radius 1 is 1.50 bits per heavy atom. The molecule has 0 heterocycles. The summed E-state index contributed by atoms with van der Waals surface area (Å²) in [6.45, 7) is 10.1. The van der Waals surface area contributed by atoms with E-state index in [0.29, 0.717) is 0 Å². The minimum Gasteiger partial charge on any atom is -0.358 e. The van der Waals surface area contributed by atoms with Gasteiger partial charge < -0.3 is 4.84 Å². The van der Waals surface area contributed by atoms with Crippen LogP contribution in [-0.2, 0) is 9.63 Å². The second-order valence-electron chi connectivity index (χ2n) is 5.30. The Bertz CT molecular complexity index is 534. The molecule has 0 unspecified atom stereocenters. The monoisotopic (exact) mass is 289 g/mol. The van der Waals surface area contributed by atoms with Gasteiger partial charge in [-0.2, -0.15) is 0 Å². The van der Waals surface area contributed by atoms with Crippen molar-refractivity contribution in [3.05, 3.63) is 52.9 Å². The number of nitrogens with zero attached hydrogens (tertiary/aromatic N) is 3. The average molecular weight is 289 g/mol. The van der Waals surface area contributed by atoms with Gasteiger partial charge in [-0.15, -0.1) is 6.58 Å². The first-order valence-electron chi connectivity index (χ1n) is 6.39. The van der Waals surface area contributed by atoms with Crippen LogP contribution in [0, 0.1) is 0 Å². The van der Waals surface area contributed by atoms with Crippen molar-refractivity contribution in [2.24, 2.45) is 5.28 Å². The van der Waals surface area contributed by atoms with Gasteiger partial charge in [-0.05, 0) is 24.1 Å². The van der Waals surface area contributed by atoms with E-state index >= 15 is 0 Å². The Labute approximate surface area is 119 Å². The van der Waals surface area contributed by atoms with Crippen molar-refractivity contribution in [3.8, 4) is 0 Å². The third-order valence-corrected chi connectivity index (χ3v) is 6.57. The van der Waals surface area contributed by atoms with Crippen molar-refractivity contribution in [1.82, 2.24) is 0 Å². The molecule has 6 heteroatoms. The summed E-state index contributed by atoms with van der Waals surface area (Å²) in [6.07, 6.45) is 1.96. The summed E-state index contributed by atoms with van der Waals surface area (Å²) >= 11 is 0. The molecule has 106 valence electrons. The van der Waals surface area contributed by atoms with E-state index < -0.39 is 20.0 Å². The number of benzene rings is 1. The van der Waals surface area contributed by atoms with Crippen LogP contribution >= 0.6 is 0 Å². The fourth-order valence-electron chi connectivity index (χ4n) is 1.98. The molecule has 1 rings (SSSR count). The van der Waals surface area contributed by atoms with Crippen LogP contribution in [0.3, 0.4) is 0 Å². The summed E-state index contributed by atoms with van der Waals surface area (Å²) in [4.78, 5) is 18.4. The number of allylic oxidation sites excluding steroid dienone is 1. The maximum Gasteiger partial charge on any atom is 0.324 e. The molecule has 5 nitrogen and oxygen atoms in total. The summed E-state index contributed by atoms with van der Waals surface area (Å²) in [7, 11) is -1.49. The van der Waals surface area contributed by atoms with Gasteiger partial charge in [0.1, 0.15) is 5.28 Å². The number of azide groups is 1. The van der Waals surface area contributed by atoms with E-state index in [1.54, 1.807) is 6.92 Å². The van der Waals surface area contributed by atoms with Gasteiger partial charge in [0.2, 0.25) is 0 Å². The lowest BCUT2D eigenvalue weighted by molar-refractivity contribution is -0.145. The zero-order valence-electron chi connectivity index (χ0n) is 12.0. The molecule has 0 radical (unpaired) electrons. The fourth-order valence-corrected chi connectivity index (χ4v) is 4.00. The number of carbonyl (C=O) groups excluding carboxylic acids is 1. The molecule has 1 atom stereocenters. The van der Waals surface area contributed by atoms with E-state index in [0.717, 1.165) is 11.6 Å². The van der Waals surface area contributed by atoms with E-state index in [-0.39, 0.29) is 0 Å². The molecule has 0 saturated heterocycles. The predicted molar refractivity (Wildman–Crippen MR) is 82.2 cm³/mol. The van der Waals surface area contributed by atoms with Crippen molar-refractivity contribution in [2.45, 2.75) is 32.0 Å². The van der Waals surface area contributed by atoms with Gasteiger partial charge in [-0.3, -0.25) is 4.79 Å². The molecule has 0 aliphatic carbocycles. The Hall–Kier alpha value is -2.04. The molecule has 1 aromatic carbocycles. The highest BCUT2D eigenvalue weighted by Crippen LogP contribution is 2.18.